The lowest BCUT2D eigenvalue weighted by Crippen LogP contribution is -2.45. The molecule has 0 unspecified atom stereocenters. The Hall–Kier alpha value is -2.90. The predicted molar refractivity (Wildman–Crippen MR) is 96.0 cm³/mol. The summed E-state index contributed by atoms with van der Waals surface area (Å²) in [5.41, 5.74) is 6.84. The molecule has 25 heavy (non-hydrogen) atoms. The molecule has 0 saturated heterocycles. The molecule has 2 N–H and O–H groups in total. The number of nitrogens with zero attached hydrogens (tertiary/aromatic N) is 3. The number of hydrogen-bond acceptors (Lipinski definition) is 6. The van der Waals surface area contributed by atoms with E-state index in [1.807, 2.05) is 44.2 Å². The van der Waals surface area contributed by atoms with Gasteiger partial charge in [-0.3, -0.25) is 0 Å². The molecule has 0 amide bonds. The van der Waals surface area contributed by atoms with E-state index in [-0.39, 0.29) is 11.8 Å². The van der Waals surface area contributed by atoms with Gasteiger partial charge in [-0.15, -0.1) is 10.6 Å². The number of rotatable bonds is 5. The fourth-order valence-electron chi connectivity index (χ4n) is 2.46. The Balaban J connectivity index is 1.96. The smallest absolute Gasteiger partial charge is 0.335 e. The van der Waals surface area contributed by atoms with E-state index in [1.54, 1.807) is 35.7 Å². The third-order valence-electron chi connectivity index (χ3n) is 4.02. The van der Waals surface area contributed by atoms with Crippen molar-refractivity contribution in [2.45, 2.75) is 20.1 Å². The monoisotopic (exact) mass is 340 g/mol. The number of aryl methyl sites for hydroxylation is 1. The van der Waals surface area contributed by atoms with Crippen LogP contribution in [0.5, 0.6) is 0 Å². The van der Waals surface area contributed by atoms with E-state index in [1.165, 1.54) is 0 Å². The van der Waals surface area contributed by atoms with Crippen LogP contribution >= 0.6 is 0 Å². The number of hydrazone groups is 1. The van der Waals surface area contributed by atoms with Gasteiger partial charge in [0.1, 0.15) is 6.34 Å². The van der Waals surface area contributed by atoms with Crippen molar-refractivity contribution in [1.29, 1.82) is 0 Å². The number of methoxy groups -OCH3 is 1. The fourth-order valence-corrected chi connectivity index (χ4v) is 2.46. The SMILES string of the molecule is CO[C@@H](C)N1N=CN(c2cc(C(=O)O)cc(-c3ccc(C)cc3)c2)N1. The van der Waals surface area contributed by atoms with Crippen molar-refractivity contribution in [1.82, 2.24) is 10.7 Å². The van der Waals surface area contributed by atoms with Gasteiger partial charge in [0.2, 0.25) is 0 Å². The van der Waals surface area contributed by atoms with Gasteiger partial charge in [-0.25, -0.2) is 9.80 Å². The van der Waals surface area contributed by atoms with Crippen LogP contribution in [0.15, 0.2) is 47.6 Å². The normalized spacial score (nSPS) is 14.8. The van der Waals surface area contributed by atoms with Crippen molar-refractivity contribution < 1.29 is 14.6 Å². The van der Waals surface area contributed by atoms with Gasteiger partial charge in [-0.1, -0.05) is 29.8 Å². The van der Waals surface area contributed by atoms with Gasteiger partial charge in [0.05, 0.1) is 11.3 Å². The van der Waals surface area contributed by atoms with Crippen molar-refractivity contribution in [3.8, 4) is 11.1 Å². The van der Waals surface area contributed by atoms with Crippen molar-refractivity contribution >= 4 is 18.0 Å². The average molecular weight is 340 g/mol. The second-order valence-corrected chi connectivity index (χ2v) is 5.82. The van der Waals surface area contributed by atoms with Gasteiger partial charge >= 0.3 is 5.97 Å². The van der Waals surface area contributed by atoms with Crippen molar-refractivity contribution in [3.63, 3.8) is 0 Å². The van der Waals surface area contributed by atoms with E-state index in [0.29, 0.717) is 5.69 Å². The summed E-state index contributed by atoms with van der Waals surface area (Å²) >= 11 is 0. The molecule has 3 rings (SSSR count). The Kier molecular flexibility index (Phi) is 4.69. The molecule has 2 aromatic rings. The number of anilines is 1. The molecule has 0 spiro atoms. The van der Waals surface area contributed by atoms with Crippen molar-refractivity contribution in [3.05, 3.63) is 53.6 Å². The molecule has 1 atom stereocenters. The van der Waals surface area contributed by atoms with Crippen LogP contribution in [0.3, 0.4) is 0 Å². The maximum atomic E-state index is 11.5. The molecule has 2 aromatic carbocycles. The molecule has 0 saturated carbocycles. The molecule has 0 radical (unpaired) electrons. The first-order valence-corrected chi connectivity index (χ1v) is 7.85. The summed E-state index contributed by atoms with van der Waals surface area (Å²) in [6, 6.07) is 13.1. The Labute approximate surface area is 146 Å². The Morgan fingerprint density at radius 2 is 1.92 bits per heavy atom. The molecule has 1 aliphatic rings. The molecule has 0 fully saturated rings. The number of carboxylic acid groups (broad SMARTS) is 1. The number of hydrogen-bond donors (Lipinski definition) is 2. The van der Waals surface area contributed by atoms with Crippen LogP contribution in [0.2, 0.25) is 0 Å². The Morgan fingerprint density at radius 1 is 1.20 bits per heavy atom. The van der Waals surface area contributed by atoms with Gasteiger partial charge in [-0.2, -0.15) is 5.12 Å². The highest BCUT2D eigenvalue weighted by molar-refractivity contribution is 5.93. The molecular formula is C18H20N4O3. The largest absolute Gasteiger partial charge is 0.478 e. The minimum absolute atomic E-state index is 0.210. The number of ether oxygens (including phenoxy) is 1. The zero-order valence-electron chi connectivity index (χ0n) is 14.3. The van der Waals surface area contributed by atoms with Crippen LogP contribution in [0.4, 0.5) is 5.69 Å². The zero-order valence-corrected chi connectivity index (χ0v) is 14.3. The Morgan fingerprint density at radius 3 is 2.56 bits per heavy atom. The highest BCUT2D eigenvalue weighted by Gasteiger charge is 2.21. The first-order valence-electron chi connectivity index (χ1n) is 7.85. The van der Waals surface area contributed by atoms with E-state index in [9.17, 15) is 9.90 Å². The first kappa shape index (κ1) is 16.9. The summed E-state index contributed by atoms with van der Waals surface area (Å²) in [5, 5.41) is 16.8. The minimum Gasteiger partial charge on any atom is -0.478 e. The van der Waals surface area contributed by atoms with Crippen LogP contribution in [-0.2, 0) is 4.74 Å². The number of carbonyl (C=O) groups is 1. The highest BCUT2D eigenvalue weighted by Crippen LogP contribution is 2.27. The molecule has 130 valence electrons. The molecule has 0 aromatic heterocycles. The second kappa shape index (κ2) is 6.92. The number of aromatic carboxylic acids is 1. The highest BCUT2D eigenvalue weighted by atomic mass is 16.5. The first-order chi connectivity index (χ1) is 12.0. The van der Waals surface area contributed by atoms with Gasteiger partial charge in [0.25, 0.3) is 0 Å². The van der Waals surface area contributed by atoms with Gasteiger partial charge in [0.15, 0.2) is 6.23 Å². The van der Waals surface area contributed by atoms with Crippen LogP contribution in [-0.4, -0.2) is 35.9 Å². The standard InChI is InChI=1S/C18H20N4O3/c1-12-4-6-14(7-5-12)15-8-16(18(23)24)10-17(9-15)21-11-19-22(20-21)13(2)25-3/h4-11,13,20H,1-3H3,(H,23,24)/t13-/m0/s1. The number of nitrogens with one attached hydrogen (secondary N) is 1. The topological polar surface area (TPSA) is 77.4 Å². The lowest BCUT2D eigenvalue weighted by molar-refractivity contribution is -0.0405. The van der Waals surface area contributed by atoms with Gasteiger partial charge < -0.3 is 9.84 Å². The fraction of sp³-hybridized carbons (Fsp3) is 0.222. The quantitative estimate of drug-likeness (QED) is 0.871. The van der Waals surface area contributed by atoms with Crippen LogP contribution in [0, 0.1) is 6.92 Å². The lowest BCUT2D eigenvalue weighted by Gasteiger charge is -2.24. The molecule has 0 aliphatic carbocycles. The maximum absolute atomic E-state index is 11.5. The lowest BCUT2D eigenvalue weighted by atomic mass is 10.0. The molecule has 1 heterocycles. The summed E-state index contributed by atoms with van der Waals surface area (Å²) in [5.74, 6) is -0.978. The van der Waals surface area contributed by atoms with Crippen LogP contribution < -0.4 is 10.5 Å². The van der Waals surface area contributed by atoms with Gasteiger partial charge in [0, 0.05) is 7.11 Å². The zero-order chi connectivity index (χ0) is 18.0. The molecule has 7 heteroatoms. The summed E-state index contributed by atoms with van der Waals surface area (Å²) in [6.07, 6.45) is 1.32. The number of hydrazine groups is 2. The average Bonchev–Trinajstić information content (AvgIpc) is 3.11. The summed E-state index contributed by atoms with van der Waals surface area (Å²) in [4.78, 5) is 11.5. The maximum Gasteiger partial charge on any atom is 0.335 e. The van der Waals surface area contributed by atoms with E-state index < -0.39 is 5.97 Å². The third kappa shape index (κ3) is 3.62. The van der Waals surface area contributed by atoms with Crippen molar-refractivity contribution in [2.24, 2.45) is 5.10 Å². The molecule has 1 aliphatic heterocycles. The molecule has 0 bridgehead atoms. The summed E-state index contributed by atoms with van der Waals surface area (Å²) in [6.45, 7) is 3.86. The number of benzene rings is 2. The molecule has 7 nitrogen and oxygen atoms in total. The summed E-state index contributed by atoms with van der Waals surface area (Å²) < 4.78 is 5.21. The van der Waals surface area contributed by atoms with Crippen LogP contribution in [0.25, 0.3) is 11.1 Å². The van der Waals surface area contributed by atoms with Crippen LogP contribution in [0.1, 0.15) is 22.8 Å². The van der Waals surface area contributed by atoms with Gasteiger partial charge in [-0.05, 0) is 43.2 Å². The van der Waals surface area contributed by atoms with E-state index in [0.717, 1.165) is 16.7 Å². The molecular weight excluding hydrogens is 320 g/mol. The number of carboxylic acids is 1. The van der Waals surface area contributed by atoms with E-state index in [4.69, 9.17) is 4.74 Å². The van der Waals surface area contributed by atoms with Crippen molar-refractivity contribution in [2.75, 3.05) is 12.1 Å². The minimum atomic E-state index is -0.978. The predicted octanol–water partition coefficient (Wildman–Crippen LogP) is 2.84. The summed E-state index contributed by atoms with van der Waals surface area (Å²) in [7, 11) is 1.59. The second-order valence-electron chi connectivity index (χ2n) is 5.82. The van der Waals surface area contributed by atoms with E-state index in [2.05, 4.69) is 10.6 Å². The Bertz CT molecular complexity index is 804. The van der Waals surface area contributed by atoms with E-state index >= 15 is 0 Å². The third-order valence-corrected chi connectivity index (χ3v) is 4.02.